The summed E-state index contributed by atoms with van der Waals surface area (Å²) < 4.78 is 13.1. The number of rotatable bonds is 4. The second-order valence-corrected chi connectivity index (χ2v) is 6.58. The number of hydrogen-bond acceptors (Lipinski definition) is 2. The molecule has 0 saturated heterocycles. The first-order valence-electron chi connectivity index (χ1n) is 8.33. The molecule has 0 aliphatic heterocycles. The van der Waals surface area contributed by atoms with E-state index in [2.05, 4.69) is 13.8 Å². The Kier molecular flexibility index (Phi) is 4.75. The van der Waals surface area contributed by atoms with Crippen molar-refractivity contribution < 1.29 is 9.50 Å². The summed E-state index contributed by atoms with van der Waals surface area (Å²) >= 11 is 0. The molecule has 3 heteroatoms. The van der Waals surface area contributed by atoms with Crippen LogP contribution in [-0.4, -0.2) is 5.11 Å². The lowest BCUT2D eigenvalue weighted by Gasteiger charge is -2.13. The number of phenols is 1. The van der Waals surface area contributed by atoms with E-state index in [1.807, 2.05) is 24.3 Å². The van der Waals surface area contributed by atoms with E-state index in [0.717, 1.165) is 28.8 Å². The molecule has 128 valence electrons. The molecule has 0 aliphatic rings. The lowest BCUT2D eigenvalue weighted by atomic mass is 9.93. The largest absolute Gasteiger partial charge is 0.508 e. The van der Waals surface area contributed by atoms with E-state index in [1.165, 1.54) is 28.8 Å². The summed E-state index contributed by atoms with van der Waals surface area (Å²) in [5.74, 6) is 0.00912. The molecule has 0 spiro atoms. The molecule has 0 radical (unpaired) electrons. The highest BCUT2D eigenvalue weighted by Gasteiger charge is 2.09. The van der Waals surface area contributed by atoms with Gasteiger partial charge < -0.3 is 10.8 Å². The third-order valence-corrected chi connectivity index (χ3v) is 4.55. The maximum atomic E-state index is 13.1. The zero-order valence-electron chi connectivity index (χ0n) is 14.5. The molecule has 0 unspecified atom stereocenters. The number of nitrogen functional groups attached to an aromatic ring is 1. The van der Waals surface area contributed by atoms with Gasteiger partial charge in [-0.05, 0) is 84.0 Å². The third kappa shape index (κ3) is 4.00. The van der Waals surface area contributed by atoms with Crippen molar-refractivity contribution in [3.63, 3.8) is 0 Å². The number of aromatic hydroxyl groups is 1. The molecule has 0 amide bonds. The van der Waals surface area contributed by atoms with Crippen LogP contribution in [-0.2, 0) is 12.8 Å². The van der Waals surface area contributed by atoms with Crippen molar-refractivity contribution in [2.75, 3.05) is 5.73 Å². The monoisotopic (exact) mass is 335 g/mol. The standard InChI is InChI=1S/C22H22FNO/c1-14-9-20(24)10-15(2)21(14)13-17-5-8-22(25)18(12-17)11-16-3-6-19(23)7-4-16/h3-10,12,25H,11,13,24H2,1-2H3. The van der Waals surface area contributed by atoms with Gasteiger partial charge in [-0.25, -0.2) is 4.39 Å². The Balaban J connectivity index is 1.88. The Labute approximate surface area is 147 Å². The Morgan fingerprint density at radius 3 is 2.08 bits per heavy atom. The molecule has 2 nitrogen and oxygen atoms in total. The van der Waals surface area contributed by atoms with Crippen LogP contribution in [0.15, 0.2) is 54.6 Å². The zero-order valence-corrected chi connectivity index (χ0v) is 14.5. The van der Waals surface area contributed by atoms with Crippen LogP contribution >= 0.6 is 0 Å². The number of nitrogens with two attached hydrogens (primary N) is 1. The second kappa shape index (κ2) is 6.98. The normalized spacial score (nSPS) is 10.8. The Bertz CT molecular complexity index is 877. The molecule has 0 heterocycles. The highest BCUT2D eigenvalue weighted by molar-refractivity contribution is 5.51. The van der Waals surface area contributed by atoms with Gasteiger partial charge in [0.1, 0.15) is 11.6 Å². The topological polar surface area (TPSA) is 46.2 Å². The molecule has 0 aliphatic carbocycles. The Morgan fingerprint density at radius 2 is 1.44 bits per heavy atom. The van der Waals surface area contributed by atoms with Crippen LogP contribution in [0.4, 0.5) is 10.1 Å². The summed E-state index contributed by atoms with van der Waals surface area (Å²) in [7, 11) is 0. The Hall–Kier alpha value is -2.81. The zero-order chi connectivity index (χ0) is 18.0. The minimum absolute atomic E-state index is 0.254. The molecule has 3 aromatic rings. The Morgan fingerprint density at radius 1 is 0.840 bits per heavy atom. The van der Waals surface area contributed by atoms with E-state index in [-0.39, 0.29) is 11.6 Å². The van der Waals surface area contributed by atoms with Crippen molar-refractivity contribution in [2.45, 2.75) is 26.7 Å². The molecule has 3 aromatic carbocycles. The molecule has 25 heavy (non-hydrogen) atoms. The van der Waals surface area contributed by atoms with E-state index < -0.39 is 0 Å². The van der Waals surface area contributed by atoms with Crippen LogP contribution in [0, 0.1) is 19.7 Å². The summed E-state index contributed by atoms with van der Waals surface area (Å²) in [4.78, 5) is 0. The highest BCUT2D eigenvalue weighted by Crippen LogP contribution is 2.26. The lowest BCUT2D eigenvalue weighted by Crippen LogP contribution is -1.99. The van der Waals surface area contributed by atoms with Gasteiger partial charge in [0.25, 0.3) is 0 Å². The number of halogens is 1. The molecule has 0 atom stereocenters. The van der Waals surface area contributed by atoms with E-state index >= 15 is 0 Å². The summed E-state index contributed by atoms with van der Waals surface area (Å²) in [6, 6.07) is 16.0. The van der Waals surface area contributed by atoms with Gasteiger partial charge in [-0.2, -0.15) is 0 Å². The number of benzene rings is 3. The maximum absolute atomic E-state index is 13.1. The molecule has 0 aromatic heterocycles. The maximum Gasteiger partial charge on any atom is 0.123 e. The van der Waals surface area contributed by atoms with Gasteiger partial charge in [-0.15, -0.1) is 0 Å². The van der Waals surface area contributed by atoms with Gasteiger partial charge >= 0.3 is 0 Å². The van der Waals surface area contributed by atoms with E-state index in [9.17, 15) is 9.50 Å². The van der Waals surface area contributed by atoms with Crippen LogP contribution < -0.4 is 5.73 Å². The SMILES string of the molecule is Cc1cc(N)cc(C)c1Cc1ccc(O)c(Cc2ccc(F)cc2)c1. The first-order chi connectivity index (χ1) is 11.9. The molecular formula is C22H22FNO. The van der Waals surface area contributed by atoms with Gasteiger partial charge in [0.2, 0.25) is 0 Å². The van der Waals surface area contributed by atoms with Gasteiger partial charge in [0.15, 0.2) is 0 Å². The predicted octanol–water partition coefficient (Wildman–Crippen LogP) is 4.91. The fraction of sp³-hybridized carbons (Fsp3) is 0.182. The van der Waals surface area contributed by atoms with Crippen molar-refractivity contribution in [3.05, 3.63) is 93.8 Å². The molecule has 3 rings (SSSR count). The van der Waals surface area contributed by atoms with Gasteiger partial charge in [-0.3, -0.25) is 0 Å². The summed E-state index contributed by atoms with van der Waals surface area (Å²) in [6.07, 6.45) is 1.36. The number of phenolic OH excluding ortho intramolecular Hbond substituents is 1. The fourth-order valence-electron chi connectivity index (χ4n) is 3.22. The van der Waals surface area contributed by atoms with Crippen LogP contribution in [0.5, 0.6) is 5.75 Å². The van der Waals surface area contributed by atoms with Crippen molar-refractivity contribution in [3.8, 4) is 5.75 Å². The van der Waals surface area contributed by atoms with Crippen LogP contribution in [0.25, 0.3) is 0 Å². The van der Waals surface area contributed by atoms with Gasteiger partial charge in [-0.1, -0.05) is 24.3 Å². The number of aryl methyl sites for hydroxylation is 2. The fourth-order valence-corrected chi connectivity index (χ4v) is 3.22. The number of anilines is 1. The van der Waals surface area contributed by atoms with Crippen LogP contribution in [0.2, 0.25) is 0 Å². The van der Waals surface area contributed by atoms with Crippen LogP contribution in [0.3, 0.4) is 0 Å². The predicted molar refractivity (Wildman–Crippen MR) is 100 cm³/mol. The van der Waals surface area contributed by atoms with Crippen molar-refractivity contribution in [1.29, 1.82) is 0 Å². The average Bonchev–Trinajstić information content (AvgIpc) is 2.56. The van der Waals surface area contributed by atoms with Gasteiger partial charge in [0.05, 0.1) is 0 Å². The lowest BCUT2D eigenvalue weighted by molar-refractivity contribution is 0.469. The average molecular weight is 335 g/mol. The molecule has 0 bridgehead atoms. The summed E-state index contributed by atoms with van der Waals surface area (Å²) in [5.41, 5.74) is 13.2. The smallest absolute Gasteiger partial charge is 0.123 e. The second-order valence-electron chi connectivity index (χ2n) is 6.58. The van der Waals surface area contributed by atoms with E-state index in [1.54, 1.807) is 18.2 Å². The molecular weight excluding hydrogens is 313 g/mol. The first-order valence-corrected chi connectivity index (χ1v) is 8.33. The van der Waals surface area contributed by atoms with Crippen LogP contribution in [0.1, 0.15) is 33.4 Å². The quantitative estimate of drug-likeness (QED) is 0.665. The summed E-state index contributed by atoms with van der Waals surface area (Å²) in [6.45, 7) is 4.14. The van der Waals surface area contributed by atoms with E-state index in [4.69, 9.17) is 5.73 Å². The first kappa shape index (κ1) is 17.0. The highest BCUT2D eigenvalue weighted by atomic mass is 19.1. The molecule has 0 fully saturated rings. The summed E-state index contributed by atoms with van der Waals surface area (Å²) in [5, 5.41) is 10.2. The van der Waals surface area contributed by atoms with Crippen molar-refractivity contribution in [2.24, 2.45) is 0 Å². The van der Waals surface area contributed by atoms with Gasteiger partial charge in [0, 0.05) is 12.1 Å². The minimum Gasteiger partial charge on any atom is -0.508 e. The number of hydrogen-bond donors (Lipinski definition) is 2. The van der Waals surface area contributed by atoms with Crippen molar-refractivity contribution in [1.82, 2.24) is 0 Å². The molecule has 3 N–H and O–H groups in total. The minimum atomic E-state index is -0.254. The van der Waals surface area contributed by atoms with Crippen molar-refractivity contribution >= 4 is 5.69 Å². The van der Waals surface area contributed by atoms with E-state index in [0.29, 0.717) is 6.42 Å². The molecule has 0 saturated carbocycles. The third-order valence-electron chi connectivity index (χ3n) is 4.55.